The summed E-state index contributed by atoms with van der Waals surface area (Å²) in [6, 6.07) is 14.4. The molecule has 0 radical (unpaired) electrons. The fourth-order valence-electron chi connectivity index (χ4n) is 3.34. The van der Waals surface area contributed by atoms with Crippen LogP contribution < -0.4 is 14.8 Å². The molecule has 3 N–H and O–H groups in total. The zero-order valence-electron chi connectivity index (χ0n) is 16.5. The van der Waals surface area contributed by atoms with E-state index in [0.29, 0.717) is 45.1 Å². The van der Waals surface area contributed by atoms with Crippen molar-refractivity contribution in [3.05, 3.63) is 77.1 Å². The normalized spacial score (nSPS) is 14.5. The first kappa shape index (κ1) is 19.4. The number of anilines is 1. The van der Waals surface area contributed by atoms with Crippen LogP contribution in [-0.4, -0.2) is 30.2 Å². The van der Waals surface area contributed by atoms with Crippen LogP contribution in [0.2, 0.25) is 0 Å². The van der Waals surface area contributed by atoms with E-state index in [0.717, 1.165) is 0 Å². The SMILES string of the molecule is COc1cccc(C(O)C#Cc2cccc3c2/C(=C/c2[nH]ccc2OC)C(=O)N3)c1. The smallest absolute Gasteiger partial charge is 0.256 e. The summed E-state index contributed by atoms with van der Waals surface area (Å²) in [7, 11) is 3.15. The van der Waals surface area contributed by atoms with Gasteiger partial charge in [-0.1, -0.05) is 30.0 Å². The van der Waals surface area contributed by atoms with Crippen LogP contribution in [0.15, 0.2) is 54.7 Å². The van der Waals surface area contributed by atoms with Crippen LogP contribution >= 0.6 is 0 Å². The third kappa shape index (κ3) is 3.66. The highest BCUT2D eigenvalue weighted by Crippen LogP contribution is 2.36. The fraction of sp³-hybridized carbons (Fsp3) is 0.125. The monoisotopic (exact) mass is 400 g/mol. The minimum atomic E-state index is -0.989. The molecule has 0 saturated carbocycles. The van der Waals surface area contributed by atoms with E-state index in [4.69, 9.17) is 9.47 Å². The average Bonchev–Trinajstić information content (AvgIpc) is 3.36. The molecule has 0 spiro atoms. The van der Waals surface area contributed by atoms with Gasteiger partial charge in [0.15, 0.2) is 0 Å². The summed E-state index contributed by atoms with van der Waals surface area (Å²) >= 11 is 0. The van der Waals surface area contributed by atoms with Gasteiger partial charge in [-0.15, -0.1) is 0 Å². The number of carbonyl (C=O) groups is 1. The van der Waals surface area contributed by atoms with Crippen LogP contribution in [0.5, 0.6) is 11.5 Å². The van der Waals surface area contributed by atoms with Gasteiger partial charge < -0.3 is 24.9 Å². The van der Waals surface area contributed by atoms with Crippen LogP contribution in [0, 0.1) is 11.8 Å². The minimum Gasteiger partial charge on any atom is -0.497 e. The molecule has 1 aliphatic heterocycles. The zero-order valence-corrected chi connectivity index (χ0v) is 16.5. The second-order valence-electron chi connectivity index (χ2n) is 6.65. The molecule has 0 bridgehead atoms. The number of hydrogen-bond donors (Lipinski definition) is 3. The summed E-state index contributed by atoms with van der Waals surface area (Å²) in [4.78, 5) is 15.7. The number of nitrogens with one attached hydrogen (secondary N) is 2. The molecule has 2 heterocycles. The van der Waals surface area contributed by atoms with E-state index in [9.17, 15) is 9.90 Å². The quantitative estimate of drug-likeness (QED) is 0.462. The van der Waals surface area contributed by atoms with Crippen LogP contribution in [0.25, 0.3) is 11.6 Å². The Morgan fingerprint density at radius 1 is 1.10 bits per heavy atom. The third-order valence-electron chi connectivity index (χ3n) is 4.83. The first-order valence-corrected chi connectivity index (χ1v) is 9.32. The predicted octanol–water partition coefficient (Wildman–Crippen LogP) is 3.61. The maximum Gasteiger partial charge on any atom is 0.256 e. The number of ether oxygens (including phenoxy) is 2. The molecule has 0 fully saturated rings. The van der Waals surface area contributed by atoms with Gasteiger partial charge in [-0.2, -0.15) is 0 Å². The molecule has 0 aliphatic carbocycles. The molecular formula is C24H20N2O4. The van der Waals surface area contributed by atoms with E-state index < -0.39 is 6.10 Å². The molecule has 4 rings (SSSR count). The lowest BCUT2D eigenvalue weighted by molar-refractivity contribution is -0.110. The van der Waals surface area contributed by atoms with Crippen LogP contribution in [0.3, 0.4) is 0 Å². The van der Waals surface area contributed by atoms with Gasteiger partial charge in [0.1, 0.15) is 17.6 Å². The van der Waals surface area contributed by atoms with Crippen molar-refractivity contribution in [2.75, 3.05) is 19.5 Å². The number of methoxy groups -OCH3 is 2. The van der Waals surface area contributed by atoms with Crippen molar-refractivity contribution in [3.8, 4) is 23.3 Å². The van der Waals surface area contributed by atoms with Gasteiger partial charge in [-0.3, -0.25) is 4.79 Å². The molecule has 1 amide bonds. The summed E-state index contributed by atoms with van der Waals surface area (Å²) in [5, 5.41) is 13.4. The molecule has 1 unspecified atom stereocenters. The van der Waals surface area contributed by atoms with Crippen molar-refractivity contribution in [2.45, 2.75) is 6.10 Å². The highest BCUT2D eigenvalue weighted by molar-refractivity contribution is 6.35. The second-order valence-corrected chi connectivity index (χ2v) is 6.65. The number of benzene rings is 2. The first-order chi connectivity index (χ1) is 14.6. The molecule has 150 valence electrons. The molecule has 1 aromatic heterocycles. The maximum absolute atomic E-state index is 12.6. The minimum absolute atomic E-state index is 0.218. The maximum atomic E-state index is 12.6. The largest absolute Gasteiger partial charge is 0.497 e. The Balaban J connectivity index is 1.72. The summed E-state index contributed by atoms with van der Waals surface area (Å²) in [5.74, 6) is 6.96. The van der Waals surface area contributed by atoms with E-state index in [1.165, 1.54) is 0 Å². The molecule has 1 aliphatic rings. The van der Waals surface area contributed by atoms with E-state index in [1.54, 1.807) is 56.8 Å². The van der Waals surface area contributed by atoms with Gasteiger partial charge in [0, 0.05) is 17.3 Å². The first-order valence-electron chi connectivity index (χ1n) is 9.32. The number of aromatic amines is 1. The van der Waals surface area contributed by atoms with Gasteiger partial charge in [-0.25, -0.2) is 0 Å². The van der Waals surface area contributed by atoms with Crippen molar-refractivity contribution < 1.29 is 19.4 Å². The average molecular weight is 400 g/mol. The summed E-state index contributed by atoms with van der Waals surface area (Å²) in [5.41, 5.74) is 3.82. The van der Waals surface area contributed by atoms with E-state index in [1.807, 2.05) is 18.2 Å². The summed E-state index contributed by atoms with van der Waals surface area (Å²) < 4.78 is 10.5. The number of aromatic nitrogens is 1. The Labute approximate surface area is 174 Å². The lowest BCUT2D eigenvalue weighted by Crippen LogP contribution is -2.03. The van der Waals surface area contributed by atoms with Crippen LogP contribution in [0.4, 0.5) is 5.69 Å². The number of amides is 1. The van der Waals surface area contributed by atoms with Crippen molar-refractivity contribution in [3.63, 3.8) is 0 Å². The Morgan fingerprint density at radius 2 is 1.93 bits per heavy atom. The van der Waals surface area contributed by atoms with Crippen molar-refractivity contribution in [2.24, 2.45) is 0 Å². The molecule has 30 heavy (non-hydrogen) atoms. The van der Waals surface area contributed by atoms with Gasteiger partial charge >= 0.3 is 0 Å². The van der Waals surface area contributed by atoms with Crippen LogP contribution in [-0.2, 0) is 4.79 Å². The van der Waals surface area contributed by atoms with E-state index >= 15 is 0 Å². The van der Waals surface area contributed by atoms with E-state index in [2.05, 4.69) is 22.1 Å². The summed E-state index contributed by atoms with van der Waals surface area (Å²) in [6.45, 7) is 0. The van der Waals surface area contributed by atoms with E-state index in [-0.39, 0.29) is 5.91 Å². The number of rotatable bonds is 4. The molecule has 6 heteroatoms. The third-order valence-corrected chi connectivity index (χ3v) is 4.83. The molecule has 6 nitrogen and oxygen atoms in total. The van der Waals surface area contributed by atoms with Gasteiger partial charge in [0.25, 0.3) is 5.91 Å². The topological polar surface area (TPSA) is 83.6 Å². The zero-order chi connectivity index (χ0) is 21.1. The Morgan fingerprint density at radius 3 is 2.73 bits per heavy atom. The second kappa shape index (κ2) is 8.19. The highest BCUT2D eigenvalue weighted by atomic mass is 16.5. The van der Waals surface area contributed by atoms with Gasteiger partial charge in [-0.05, 0) is 42.0 Å². The number of aliphatic hydroxyl groups excluding tert-OH is 1. The molecule has 0 saturated heterocycles. The standard InChI is InChI=1S/C24H20N2O4/c1-29-17-7-3-6-16(13-17)21(27)10-9-15-5-4-8-19-23(15)18(24(28)26-19)14-20-22(30-2)11-12-25-20/h3-8,11-14,21,25,27H,1-2H3,(H,26,28)/b18-14-. The molecule has 3 aromatic rings. The number of hydrogen-bond acceptors (Lipinski definition) is 4. The number of aliphatic hydroxyl groups is 1. The lowest BCUT2D eigenvalue weighted by atomic mass is 9.99. The van der Waals surface area contributed by atoms with Gasteiger partial charge in [0.2, 0.25) is 0 Å². The number of fused-ring (bicyclic) bond motifs is 1. The Hall–Kier alpha value is -3.95. The Bertz CT molecular complexity index is 1200. The number of H-pyrrole nitrogens is 1. The van der Waals surface area contributed by atoms with Crippen molar-refractivity contribution >= 4 is 23.2 Å². The number of carbonyl (C=O) groups excluding carboxylic acids is 1. The van der Waals surface area contributed by atoms with Crippen LogP contribution in [0.1, 0.15) is 28.5 Å². The molecular weight excluding hydrogens is 380 g/mol. The molecule has 1 atom stereocenters. The van der Waals surface area contributed by atoms with Crippen molar-refractivity contribution in [1.82, 2.24) is 4.98 Å². The lowest BCUT2D eigenvalue weighted by Gasteiger charge is -2.06. The van der Waals surface area contributed by atoms with Gasteiger partial charge in [0.05, 0.1) is 31.2 Å². The fourth-order valence-corrected chi connectivity index (χ4v) is 3.34. The van der Waals surface area contributed by atoms with Crippen molar-refractivity contribution in [1.29, 1.82) is 0 Å². The summed E-state index contributed by atoms with van der Waals surface area (Å²) in [6.07, 6.45) is 2.50. The highest BCUT2D eigenvalue weighted by Gasteiger charge is 2.27. The molecule has 2 aromatic carbocycles. The Kier molecular flexibility index (Phi) is 5.29. The predicted molar refractivity (Wildman–Crippen MR) is 115 cm³/mol.